The molecule has 0 saturated carbocycles. The van der Waals surface area contributed by atoms with Crippen molar-refractivity contribution in [2.45, 2.75) is 19.4 Å². The fourth-order valence-corrected chi connectivity index (χ4v) is 1.73. The van der Waals surface area contributed by atoms with Gasteiger partial charge >= 0.3 is 0 Å². The summed E-state index contributed by atoms with van der Waals surface area (Å²) in [5.41, 5.74) is 5.54. The van der Waals surface area contributed by atoms with Crippen molar-refractivity contribution in [3.63, 3.8) is 0 Å². The molecule has 1 saturated heterocycles. The van der Waals surface area contributed by atoms with Crippen LogP contribution in [0.5, 0.6) is 0 Å². The van der Waals surface area contributed by atoms with E-state index in [4.69, 9.17) is 5.73 Å². The van der Waals surface area contributed by atoms with Crippen LogP contribution < -0.4 is 5.73 Å². The van der Waals surface area contributed by atoms with Crippen LogP contribution in [0.25, 0.3) is 0 Å². The Morgan fingerprint density at radius 3 is 2.21 bits per heavy atom. The van der Waals surface area contributed by atoms with Crippen molar-refractivity contribution in [3.8, 4) is 0 Å². The van der Waals surface area contributed by atoms with Gasteiger partial charge in [-0.15, -0.1) is 0 Å². The Balaban J connectivity index is 2.24. The topological polar surface area (TPSA) is 32.5 Å². The summed E-state index contributed by atoms with van der Waals surface area (Å²) < 4.78 is 24.1. The highest BCUT2D eigenvalue weighted by Crippen LogP contribution is 2.07. The molecule has 1 atom stereocenters. The zero-order chi connectivity index (χ0) is 10.6. The van der Waals surface area contributed by atoms with Gasteiger partial charge in [0, 0.05) is 38.8 Å². The smallest absolute Gasteiger partial charge is 0.251 e. The molecule has 0 spiro atoms. The molecule has 0 aromatic heterocycles. The van der Waals surface area contributed by atoms with Crippen LogP contribution in [0.3, 0.4) is 0 Å². The van der Waals surface area contributed by atoms with Gasteiger partial charge in [-0.25, -0.2) is 8.78 Å². The summed E-state index contributed by atoms with van der Waals surface area (Å²) in [7, 11) is 0. The Kier molecular flexibility index (Phi) is 4.71. The van der Waals surface area contributed by atoms with Crippen LogP contribution >= 0.6 is 0 Å². The third-order valence-corrected chi connectivity index (χ3v) is 2.77. The predicted molar refractivity (Wildman–Crippen MR) is 52.5 cm³/mol. The van der Waals surface area contributed by atoms with E-state index in [1.54, 1.807) is 0 Å². The van der Waals surface area contributed by atoms with Gasteiger partial charge in [0.15, 0.2) is 0 Å². The highest BCUT2D eigenvalue weighted by molar-refractivity contribution is 4.76. The van der Waals surface area contributed by atoms with Gasteiger partial charge < -0.3 is 5.73 Å². The lowest BCUT2D eigenvalue weighted by atomic mass is 10.2. The van der Waals surface area contributed by atoms with Crippen molar-refractivity contribution in [1.82, 2.24) is 9.80 Å². The minimum Gasteiger partial charge on any atom is -0.329 e. The van der Waals surface area contributed by atoms with E-state index in [1.807, 2.05) is 4.90 Å². The maximum atomic E-state index is 12.1. The molecule has 5 heteroatoms. The molecule has 3 nitrogen and oxygen atoms in total. The van der Waals surface area contributed by atoms with E-state index in [-0.39, 0.29) is 6.54 Å². The molecule has 14 heavy (non-hydrogen) atoms. The van der Waals surface area contributed by atoms with Gasteiger partial charge in [-0.3, -0.25) is 9.80 Å². The van der Waals surface area contributed by atoms with Crippen LogP contribution in [0.4, 0.5) is 8.78 Å². The maximum absolute atomic E-state index is 12.1. The van der Waals surface area contributed by atoms with Crippen LogP contribution in [-0.4, -0.2) is 61.5 Å². The summed E-state index contributed by atoms with van der Waals surface area (Å²) in [5.74, 6) is 0. The normalized spacial score (nSPS) is 22.9. The Morgan fingerprint density at radius 1 is 1.21 bits per heavy atom. The summed E-state index contributed by atoms with van der Waals surface area (Å²) in [4.78, 5) is 4.06. The van der Waals surface area contributed by atoms with Crippen LogP contribution in [0.2, 0.25) is 0 Å². The van der Waals surface area contributed by atoms with Gasteiger partial charge in [-0.1, -0.05) is 0 Å². The molecule has 1 fully saturated rings. The van der Waals surface area contributed by atoms with E-state index in [0.29, 0.717) is 12.6 Å². The Bertz CT molecular complexity index is 158. The quantitative estimate of drug-likeness (QED) is 0.715. The summed E-state index contributed by atoms with van der Waals surface area (Å²) in [6, 6.07) is 0.365. The molecule has 0 aromatic rings. The summed E-state index contributed by atoms with van der Waals surface area (Å²) >= 11 is 0. The fourth-order valence-electron chi connectivity index (χ4n) is 1.73. The van der Waals surface area contributed by atoms with Crippen molar-refractivity contribution in [3.05, 3.63) is 0 Å². The number of hydrogen-bond acceptors (Lipinski definition) is 3. The van der Waals surface area contributed by atoms with Crippen LogP contribution in [-0.2, 0) is 0 Å². The lowest BCUT2D eigenvalue weighted by Gasteiger charge is -2.37. The van der Waals surface area contributed by atoms with Crippen molar-refractivity contribution >= 4 is 0 Å². The van der Waals surface area contributed by atoms with Gasteiger partial charge in [-0.05, 0) is 6.92 Å². The average Bonchev–Trinajstić information content (AvgIpc) is 2.17. The molecule has 1 aliphatic heterocycles. The Hall–Kier alpha value is -0.260. The first kappa shape index (κ1) is 11.8. The van der Waals surface area contributed by atoms with E-state index in [0.717, 1.165) is 26.2 Å². The molecule has 1 rings (SSSR count). The highest BCUT2D eigenvalue weighted by atomic mass is 19.3. The van der Waals surface area contributed by atoms with Crippen molar-refractivity contribution in [1.29, 1.82) is 0 Å². The van der Waals surface area contributed by atoms with Gasteiger partial charge in [0.1, 0.15) is 0 Å². The number of nitrogens with zero attached hydrogens (tertiary/aromatic N) is 2. The number of halogens is 2. The first-order valence-corrected chi connectivity index (χ1v) is 5.08. The summed E-state index contributed by atoms with van der Waals surface area (Å²) in [6.45, 7) is 5.78. The zero-order valence-electron chi connectivity index (χ0n) is 8.63. The van der Waals surface area contributed by atoms with E-state index in [9.17, 15) is 8.78 Å². The van der Waals surface area contributed by atoms with Gasteiger partial charge in [-0.2, -0.15) is 0 Å². The van der Waals surface area contributed by atoms with E-state index in [1.165, 1.54) is 0 Å². The van der Waals surface area contributed by atoms with Gasteiger partial charge in [0.2, 0.25) is 0 Å². The van der Waals surface area contributed by atoms with Gasteiger partial charge in [0.05, 0.1) is 6.54 Å². The number of nitrogens with two attached hydrogens (primary N) is 1. The minimum absolute atomic E-state index is 0.0924. The van der Waals surface area contributed by atoms with Gasteiger partial charge in [0.25, 0.3) is 6.43 Å². The van der Waals surface area contributed by atoms with Crippen molar-refractivity contribution < 1.29 is 8.78 Å². The molecular weight excluding hydrogens is 188 g/mol. The minimum atomic E-state index is -2.21. The Morgan fingerprint density at radius 2 is 1.79 bits per heavy atom. The molecule has 0 aromatic carbocycles. The van der Waals surface area contributed by atoms with E-state index in [2.05, 4.69) is 11.8 Å². The monoisotopic (exact) mass is 207 g/mol. The first-order chi connectivity index (χ1) is 6.63. The molecule has 0 radical (unpaired) electrons. The largest absolute Gasteiger partial charge is 0.329 e. The average molecular weight is 207 g/mol. The van der Waals surface area contributed by atoms with Crippen LogP contribution in [0.1, 0.15) is 6.92 Å². The zero-order valence-corrected chi connectivity index (χ0v) is 8.63. The molecule has 2 N–H and O–H groups in total. The SMILES string of the molecule is CC(CN)N1CCN(CC(F)F)CC1. The van der Waals surface area contributed by atoms with Crippen molar-refractivity contribution in [2.24, 2.45) is 5.73 Å². The second kappa shape index (κ2) is 5.58. The van der Waals surface area contributed by atoms with Crippen LogP contribution in [0.15, 0.2) is 0 Å². The lowest BCUT2D eigenvalue weighted by Crippen LogP contribution is -2.52. The van der Waals surface area contributed by atoms with E-state index >= 15 is 0 Å². The third kappa shape index (κ3) is 3.48. The predicted octanol–water partition coefficient (Wildman–Crippen LogP) is 0.216. The summed E-state index contributed by atoms with van der Waals surface area (Å²) in [6.07, 6.45) is -2.21. The van der Waals surface area contributed by atoms with Crippen LogP contribution in [0, 0.1) is 0 Å². The standard InChI is InChI=1S/C9H19F2N3/c1-8(6-12)14-4-2-13(3-5-14)7-9(10)11/h8-9H,2-7,12H2,1H3. The van der Waals surface area contributed by atoms with E-state index < -0.39 is 6.43 Å². The number of rotatable bonds is 4. The van der Waals surface area contributed by atoms with Crippen molar-refractivity contribution in [2.75, 3.05) is 39.3 Å². The number of piperazine rings is 1. The molecular formula is C9H19F2N3. The molecule has 84 valence electrons. The maximum Gasteiger partial charge on any atom is 0.251 e. The second-order valence-corrected chi connectivity index (χ2v) is 3.81. The Labute approximate surface area is 83.8 Å². The third-order valence-electron chi connectivity index (χ3n) is 2.77. The second-order valence-electron chi connectivity index (χ2n) is 3.81. The first-order valence-electron chi connectivity index (χ1n) is 5.08. The number of hydrogen-bond donors (Lipinski definition) is 1. The summed E-state index contributed by atoms with van der Waals surface area (Å²) in [5, 5.41) is 0. The fraction of sp³-hybridized carbons (Fsp3) is 1.00. The molecule has 0 aliphatic carbocycles. The number of alkyl halides is 2. The highest BCUT2D eigenvalue weighted by Gasteiger charge is 2.21. The molecule has 0 bridgehead atoms. The lowest BCUT2D eigenvalue weighted by molar-refractivity contribution is 0.0469. The molecule has 0 amide bonds. The molecule has 1 aliphatic rings. The molecule has 1 heterocycles. The molecule has 1 unspecified atom stereocenters.